The molecule has 0 aliphatic carbocycles. The molecule has 0 spiro atoms. The van der Waals surface area contributed by atoms with Crippen LogP contribution in [0.15, 0.2) is 101 Å². The molecule has 0 heterocycles. The molecule has 0 fully saturated rings. The summed E-state index contributed by atoms with van der Waals surface area (Å²) in [6.45, 7) is 0. The number of rotatable bonds is 6. The van der Waals surface area contributed by atoms with Crippen LogP contribution < -0.4 is 21.1 Å². The van der Waals surface area contributed by atoms with E-state index in [1.54, 1.807) is 48.5 Å². The molecule has 0 atom stereocenters. The fraction of sp³-hybridized carbons (Fsp3) is 0. The first-order valence-corrected chi connectivity index (χ1v) is 14.8. The molecule has 0 aliphatic heterocycles. The Morgan fingerprint density at radius 3 is 1.35 bits per heavy atom. The molecule has 0 saturated carbocycles. The number of benzene rings is 4. The van der Waals surface area contributed by atoms with Crippen LogP contribution in [-0.4, -0.2) is 44.0 Å². The van der Waals surface area contributed by atoms with Gasteiger partial charge in [-0.25, -0.2) is 0 Å². The molecule has 4 aromatic carbocycles. The van der Waals surface area contributed by atoms with Gasteiger partial charge in [0.1, 0.15) is 8.95 Å². The van der Waals surface area contributed by atoms with Gasteiger partial charge in [-0.1, -0.05) is 79.8 Å². The Kier molecular flexibility index (Phi) is 14.4. The summed E-state index contributed by atoms with van der Waals surface area (Å²) < 4.78 is 2.84. The number of hydrogen-bond donors (Lipinski definition) is 2. The topological polar surface area (TPSA) is 184 Å². The zero-order valence-corrected chi connectivity index (χ0v) is 29.1. The summed E-state index contributed by atoms with van der Waals surface area (Å²) in [6.07, 6.45) is 2.78. The molecule has 43 heavy (non-hydrogen) atoms. The van der Waals surface area contributed by atoms with Crippen LogP contribution in [0, 0.1) is 0 Å². The van der Waals surface area contributed by atoms with Gasteiger partial charge < -0.3 is 20.4 Å². The number of carbonyl (C=O) groups excluding carboxylic acids is 2. The quantitative estimate of drug-likeness (QED) is 0.126. The molecule has 4 aromatic rings. The van der Waals surface area contributed by atoms with Crippen molar-refractivity contribution in [2.24, 2.45) is 10.2 Å². The smallest absolute Gasteiger partial charge is 0.872 e. The van der Waals surface area contributed by atoms with Crippen LogP contribution in [0.2, 0.25) is 0 Å². The van der Waals surface area contributed by atoms with Gasteiger partial charge in [-0.2, -0.15) is 21.1 Å². The summed E-state index contributed by atoms with van der Waals surface area (Å²) in [5.41, 5.74) is 6.13. The van der Waals surface area contributed by atoms with Crippen molar-refractivity contribution < 1.29 is 47.1 Å². The van der Waals surface area contributed by atoms with Crippen LogP contribution in [0.4, 0.5) is 0 Å². The Hall–Kier alpha value is -3.20. The summed E-state index contributed by atoms with van der Waals surface area (Å²) in [5.74, 6) is -0.733. The zero-order chi connectivity index (χ0) is 30.8. The fourth-order valence-electron chi connectivity index (χ4n) is 3.16. The average molecular weight is 885 g/mol. The van der Waals surface area contributed by atoms with Gasteiger partial charge in [0.05, 0.1) is 34.7 Å². The van der Waals surface area contributed by atoms with E-state index in [0.717, 1.165) is 8.95 Å². The van der Waals surface area contributed by atoms with E-state index >= 15 is 0 Å². The molecular formula is C28H22Br4MnN4O6+4. The number of hydrogen-bond acceptors (Lipinski definition) is 4. The van der Waals surface area contributed by atoms with Crippen LogP contribution in [-0.2, 0) is 17.1 Å². The summed E-state index contributed by atoms with van der Waals surface area (Å²) >= 11 is 13.2. The molecule has 221 valence electrons. The normalized spacial score (nSPS) is 10.5. The van der Waals surface area contributed by atoms with E-state index in [4.69, 9.17) is 10.2 Å². The Labute approximate surface area is 289 Å². The van der Waals surface area contributed by atoms with E-state index in [0.29, 0.717) is 20.1 Å². The van der Waals surface area contributed by atoms with Gasteiger partial charge in [-0.15, -0.1) is 0 Å². The molecule has 4 rings (SSSR count). The summed E-state index contributed by atoms with van der Waals surface area (Å²) in [6, 6.07) is 19.1. The van der Waals surface area contributed by atoms with Crippen LogP contribution in [0.1, 0.15) is 22.3 Å². The Morgan fingerprint density at radius 1 is 0.651 bits per heavy atom. The van der Waals surface area contributed by atoms with Crippen molar-refractivity contribution in [2.75, 3.05) is 0 Å². The molecule has 0 unspecified atom stereocenters. The average Bonchev–Trinajstić information content (AvgIpc) is 2.94. The largest absolute Gasteiger partial charge is 2.00 e. The number of para-hydroxylation sites is 2. The third kappa shape index (κ3) is 10.5. The standard InChI is InChI=1S/2C14H10Br2N2O3.Mn/c2*15-9-5-8(13(20)11(16)6-9)7-17-18-14(21)10-3-1-2-4-12(10)19;/h2*1-7,19-20H,(H,18,21);/q;;+2/p+2. The molecular weight excluding hydrogens is 863 g/mol. The van der Waals surface area contributed by atoms with E-state index in [9.17, 15) is 19.8 Å². The Bertz CT molecular complexity index is 1560. The Balaban J connectivity index is 0.000000293. The van der Waals surface area contributed by atoms with Crippen molar-refractivity contribution in [1.82, 2.24) is 10.9 Å². The van der Waals surface area contributed by atoms with Gasteiger partial charge in [-0.05, 0) is 68.3 Å². The third-order valence-electron chi connectivity index (χ3n) is 5.20. The fourth-order valence-corrected chi connectivity index (χ4v) is 5.68. The molecule has 0 aromatic heterocycles. The molecule has 0 saturated heterocycles. The van der Waals surface area contributed by atoms with E-state index in [1.807, 2.05) is 0 Å². The first kappa shape index (κ1) is 36.0. The second-order valence-corrected chi connectivity index (χ2v) is 11.7. The van der Waals surface area contributed by atoms with Crippen LogP contribution in [0.5, 0.6) is 23.0 Å². The minimum Gasteiger partial charge on any atom is -0.872 e. The first-order chi connectivity index (χ1) is 20.0. The van der Waals surface area contributed by atoms with Crippen LogP contribution in [0.3, 0.4) is 0 Å². The van der Waals surface area contributed by atoms with Crippen molar-refractivity contribution in [3.63, 3.8) is 0 Å². The van der Waals surface area contributed by atoms with Crippen LogP contribution >= 0.6 is 63.7 Å². The summed E-state index contributed by atoms with van der Waals surface area (Å²) in [4.78, 5) is 19.6. The number of hydrazone groups is 2. The molecule has 1 radical (unpaired) electrons. The number of nitrogens with zero attached hydrogens (tertiary/aromatic N) is 2. The number of nitrogens with one attached hydrogen (secondary N) is 2. The molecule has 15 heteroatoms. The number of halogens is 4. The maximum absolute atomic E-state index is 11.5. The van der Waals surface area contributed by atoms with Crippen molar-refractivity contribution in [2.45, 2.75) is 0 Å². The summed E-state index contributed by atoms with van der Waals surface area (Å²) in [5, 5.41) is 46.5. The van der Waals surface area contributed by atoms with Crippen molar-refractivity contribution in [3.05, 3.63) is 113 Å². The van der Waals surface area contributed by atoms with E-state index in [1.165, 1.54) is 36.7 Å². The second-order valence-electron chi connectivity index (χ2n) is 8.13. The maximum Gasteiger partial charge on any atom is 2.00 e. The van der Waals surface area contributed by atoms with Crippen molar-refractivity contribution in [1.29, 1.82) is 0 Å². The van der Waals surface area contributed by atoms with E-state index in [-0.39, 0.29) is 63.0 Å². The predicted molar refractivity (Wildman–Crippen MR) is 175 cm³/mol. The van der Waals surface area contributed by atoms with E-state index < -0.39 is 0 Å². The molecule has 0 bridgehead atoms. The summed E-state index contributed by atoms with van der Waals surface area (Å²) in [7, 11) is 0. The Morgan fingerprint density at radius 2 is 1.00 bits per heavy atom. The maximum atomic E-state index is 11.5. The molecule has 2 amide bonds. The van der Waals surface area contributed by atoms with Crippen LogP contribution in [0.25, 0.3) is 0 Å². The molecule has 0 aliphatic rings. The SMILES string of the molecule is [Mn+2].[O-]c1ccccc1C(=[OH+])NN=Cc1cc(Br)cc(Br)c1[OH2+].[O-]c1ccccc1C(=[OH+])NN=Cc1cc(Br)cc(Br)c1[OH2+]. The van der Waals surface area contributed by atoms with Gasteiger partial charge in [0.25, 0.3) is 11.5 Å². The van der Waals surface area contributed by atoms with Crippen molar-refractivity contribution >= 4 is 88.0 Å². The second kappa shape index (κ2) is 17.2. The van der Waals surface area contributed by atoms with Gasteiger partial charge >= 0.3 is 28.9 Å². The zero-order valence-electron chi connectivity index (χ0n) is 21.6. The monoisotopic (exact) mass is 881 g/mol. The minimum absolute atomic E-state index is 0. The van der Waals surface area contributed by atoms with Gasteiger partial charge in [0, 0.05) is 8.95 Å². The van der Waals surface area contributed by atoms with Crippen molar-refractivity contribution in [3.8, 4) is 23.0 Å². The van der Waals surface area contributed by atoms with Gasteiger partial charge in [0.2, 0.25) is 0 Å². The third-order valence-corrected chi connectivity index (χ3v) is 7.37. The van der Waals surface area contributed by atoms with Gasteiger partial charge in [-0.3, -0.25) is 9.59 Å². The minimum atomic E-state index is -0.336. The molecule has 8 N–H and O–H groups in total. The first-order valence-electron chi connectivity index (χ1n) is 11.6. The molecule has 10 nitrogen and oxygen atoms in total. The van der Waals surface area contributed by atoms with E-state index in [2.05, 4.69) is 84.8 Å². The van der Waals surface area contributed by atoms with Gasteiger partial charge in [0.15, 0.2) is 0 Å². The number of amides is 2. The predicted octanol–water partition coefficient (Wildman–Crippen LogP) is 4.39.